The number of fused-ring (bicyclic) bond motifs is 1. The average Bonchev–Trinajstić information content (AvgIpc) is 2.53. The third kappa shape index (κ3) is 2.68. The smallest absolute Gasteiger partial charge is 0.153 e. The number of nitrogens with zero attached hydrogens (tertiary/aromatic N) is 1. The zero-order chi connectivity index (χ0) is 13.8. The summed E-state index contributed by atoms with van der Waals surface area (Å²) in [6.07, 6.45) is 6.03. The van der Waals surface area contributed by atoms with Gasteiger partial charge in [-0.1, -0.05) is 61.7 Å². The highest BCUT2D eigenvalue weighted by Crippen LogP contribution is 2.23. The monoisotopic (exact) mass is 268 g/mol. The van der Waals surface area contributed by atoms with Crippen molar-refractivity contribution in [3.63, 3.8) is 0 Å². The van der Waals surface area contributed by atoms with E-state index in [0.717, 1.165) is 29.2 Å². The number of amidine groups is 1. The number of rotatable bonds is 2. The van der Waals surface area contributed by atoms with Crippen LogP contribution in [0, 0.1) is 0 Å². The van der Waals surface area contributed by atoms with Gasteiger partial charge in [-0.3, -0.25) is 15.7 Å². The topological polar surface area (TPSA) is 44.6 Å². The van der Waals surface area contributed by atoms with Crippen molar-refractivity contribution in [3.05, 3.63) is 48.0 Å². The summed E-state index contributed by atoms with van der Waals surface area (Å²) in [5, 5.41) is 11.8. The molecule has 3 nitrogen and oxygen atoms in total. The molecule has 0 aliphatic heterocycles. The molecule has 0 heterocycles. The molecule has 1 aliphatic rings. The Morgan fingerprint density at radius 2 is 1.75 bits per heavy atom. The van der Waals surface area contributed by atoms with Crippen LogP contribution in [0.1, 0.15) is 37.7 Å². The number of benzene rings is 2. The second-order valence-electron chi connectivity index (χ2n) is 5.41. The first-order valence-electron chi connectivity index (χ1n) is 7.34. The molecule has 0 spiro atoms. The Morgan fingerprint density at radius 1 is 1.00 bits per heavy atom. The zero-order valence-electron chi connectivity index (χ0n) is 11.5. The first-order valence-corrected chi connectivity index (χ1v) is 7.34. The highest BCUT2D eigenvalue weighted by molar-refractivity contribution is 6.09. The lowest BCUT2D eigenvalue weighted by atomic mass is 9.96. The Hall–Kier alpha value is -1.87. The predicted octanol–water partition coefficient (Wildman–Crippen LogP) is 3.90. The molecule has 0 amide bonds. The molecule has 1 saturated carbocycles. The van der Waals surface area contributed by atoms with Crippen molar-refractivity contribution >= 4 is 16.6 Å². The Labute approximate surface area is 119 Å². The van der Waals surface area contributed by atoms with Gasteiger partial charge in [-0.15, -0.1) is 0 Å². The van der Waals surface area contributed by atoms with E-state index in [1.165, 1.54) is 19.3 Å². The van der Waals surface area contributed by atoms with Gasteiger partial charge in [0.05, 0.1) is 6.04 Å². The third-order valence-electron chi connectivity index (χ3n) is 4.04. The maximum atomic E-state index is 9.49. The van der Waals surface area contributed by atoms with E-state index in [9.17, 15) is 5.21 Å². The quantitative estimate of drug-likeness (QED) is 0.493. The molecule has 0 radical (unpaired) electrons. The van der Waals surface area contributed by atoms with E-state index in [2.05, 4.69) is 23.7 Å². The minimum Gasteiger partial charge on any atom is -0.290 e. The summed E-state index contributed by atoms with van der Waals surface area (Å²) in [7, 11) is 0. The second-order valence-corrected chi connectivity index (χ2v) is 5.41. The minimum atomic E-state index is 0.331. The first kappa shape index (κ1) is 13.1. The maximum Gasteiger partial charge on any atom is 0.153 e. The van der Waals surface area contributed by atoms with Gasteiger partial charge < -0.3 is 0 Å². The predicted molar refractivity (Wildman–Crippen MR) is 82.3 cm³/mol. The Morgan fingerprint density at radius 3 is 2.55 bits per heavy atom. The standard InChI is InChI=1S/C17H20N2O/c20-19-17(18-14-9-2-1-3-10-14)16-12-6-8-13-7-4-5-11-15(13)16/h4-8,11-12,14,20H,1-3,9-10H2,(H,18,19). The van der Waals surface area contributed by atoms with Gasteiger partial charge in [0, 0.05) is 5.56 Å². The van der Waals surface area contributed by atoms with E-state index in [1.54, 1.807) is 0 Å². The minimum absolute atomic E-state index is 0.331. The summed E-state index contributed by atoms with van der Waals surface area (Å²) >= 11 is 0. The van der Waals surface area contributed by atoms with Crippen LogP contribution < -0.4 is 5.48 Å². The fourth-order valence-corrected chi connectivity index (χ4v) is 2.98. The molecule has 1 aliphatic carbocycles. The lowest BCUT2D eigenvalue weighted by Gasteiger charge is -2.19. The molecule has 104 valence electrons. The van der Waals surface area contributed by atoms with Crippen molar-refractivity contribution in [3.8, 4) is 0 Å². The van der Waals surface area contributed by atoms with Gasteiger partial charge in [0.25, 0.3) is 0 Å². The summed E-state index contributed by atoms with van der Waals surface area (Å²) in [4.78, 5) is 4.73. The highest BCUT2D eigenvalue weighted by Gasteiger charge is 2.14. The summed E-state index contributed by atoms with van der Waals surface area (Å²) in [6.45, 7) is 0. The van der Waals surface area contributed by atoms with E-state index in [-0.39, 0.29) is 0 Å². The van der Waals surface area contributed by atoms with Crippen LogP contribution in [0.4, 0.5) is 0 Å². The summed E-state index contributed by atoms with van der Waals surface area (Å²) in [6, 6.07) is 14.6. The molecule has 0 unspecified atom stereocenters. The van der Waals surface area contributed by atoms with Crippen LogP contribution in [0.3, 0.4) is 0 Å². The van der Waals surface area contributed by atoms with Crippen LogP contribution in [-0.4, -0.2) is 17.1 Å². The van der Waals surface area contributed by atoms with Crippen molar-refractivity contribution in [2.75, 3.05) is 0 Å². The van der Waals surface area contributed by atoms with Gasteiger partial charge in [0.15, 0.2) is 5.84 Å². The molecule has 1 fully saturated rings. The van der Waals surface area contributed by atoms with Crippen LogP contribution in [0.2, 0.25) is 0 Å². The van der Waals surface area contributed by atoms with Crippen LogP contribution in [0.15, 0.2) is 47.5 Å². The summed E-state index contributed by atoms with van der Waals surface area (Å²) in [5.41, 5.74) is 3.28. The average molecular weight is 268 g/mol. The number of aliphatic imine (C=N–C) groups is 1. The van der Waals surface area contributed by atoms with Gasteiger partial charge in [-0.25, -0.2) is 0 Å². The van der Waals surface area contributed by atoms with Gasteiger partial charge in [0.1, 0.15) is 0 Å². The fraction of sp³-hybridized carbons (Fsp3) is 0.353. The first-order chi connectivity index (χ1) is 9.88. The molecule has 0 aromatic heterocycles. The molecule has 0 saturated heterocycles. The van der Waals surface area contributed by atoms with Crippen LogP contribution >= 0.6 is 0 Å². The van der Waals surface area contributed by atoms with E-state index >= 15 is 0 Å². The van der Waals surface area contributed by atoms with E-state index in [0.29, 0.717) is 11.9 Å². The molecule has 2 N–H and O–H groups in total. The van der Waals surface area contributed by atoms with Gasteiger partial charge in [-0.05, 0) is 23.6 Å². The van der Waals surface area contributed by atoms with Gasteiger partial charge >= 0.3 is 0 Å². The number of hydrogen-bond donors (Lipinski definition) is 2. The van der Waals surface area contributed by atoms with Crippen LogP contribution in [0.5, 0.6) is 0 Å². The number of nitrogens with one attached hydrogen (secondary N) is 1. The van der Waals surface area contributed by atoms with E-state index in [4.69, 9.17) is 4.99 Å². The van der Waals surface area contributed by atoms with E-state index < -0.39 is 0 Å². The molecule has 0 atom stereocenters. The zero-order valence-corrected chi connectivity index (χ0v) is 11.5. The van der Waals surface area contributed by atoms with Gasteiger partial charge in [-0.2, -0.15) is 0 Å². The van der Waals surface area contributed by atoms with Crippen molar-refractivity contribution in [1.82, 2.24) is 5.48 Å². The van der Waals surface area contributed by atoms with Crippen molar-refractivity contribution in [2.24, 2.45) is 4.99 Å². The maximum absolute atomic E-state index is 9.49. The van der Waals surface area contributed by atoms with Crippen LogP contribution in [-0.2, 0) is 0 Å². The van der Waals surface area contributed by atoms with E-state index in [1.807, 2.05) is 24.3 Å². The molecular weight excluding hydrogens is 248 g/mol. The Bertz CT molecular complexity index is 610. The molecule has 20 heavy (non-hydrogen) atoms. The Balaban J connectivity index is 2.00. The van der Waals surface area contributed by atoms with Crippen molar-refractivity contribution < 1.29 is 5.21 Å². The summed E-state index contributed by atoms with van der Waals surface area (Å²) in [5.74, 6) is 0.591. The molecule has 0 bridgehead atoms. The number of hydrogen-bond acceptors (Lipinski definition) is 2. The third-order valence-corrected chi connectivity index (χ3v) is 4.04. The van der Waals surface area contributed by atoms with Crippen LogP contribution in [0.25, 0.3) is 10.8 Å². The second kappa shape index (κ2) is 6.06. The van der Waals surface area contributed by atoms with Crippen molar-refractivity contribution in [2.45, 2.75) is 38.1 Å². The van der Waals surface area contributed by atoms with Gasteiger partial charge in [0.2, 0.25) is 0 Å². The lowest BCUT2D eigenvalue weighted by molar-refractivity contribution is 0.233. The molecule has 3 rings (SSSR count). The molecule has 2 aromatic rings. The number of hydroxylamine groups is 1. The van der Waals surface area contributed by atoms with Crippen molar-refractivity contribution in [1.29, 1.82) is 0 Å². The normalized spacial score (nSPS) is 17.4. The molecule has 3 heteroatoms. The molecule has 2 aromatic carbocycles. The highest BCUT2D eigenvalue weighted by atomic mass is 16.5. The largest absolute Gasteiger partial charge is 0.290 e. The SMILES string of the molecule is ONC(=NC1CCCCC1)c1cccc2ccccc12. The molecular formula is C17H20N2O. The fourth-order valence-electron chi connectivity index (χ4n) is 2.98. The summed E-state index contributed by atoms with van der Waals surface area (Å²) < 4.78 is 0. The lowest BCUT2D eigenvalue weighted by Crippen LogP contribution is -2.24. The Kier molecular flexibility index (Phi) is 3.97.